The number of aromatic carboxylic acids is 1. The third-order valence-electron chi connectivity index (χ3n) is 2.31. The van der Waals surface area contributed by atoms with Crippen molar-refractivity contribution in [1.29, 1.82) is 0 Å². The monoisotopic (exact) mass is 328 g/mol. The molecule has 2 aromatic rings. The van der Waals surface area contributed by atoms with Gasteiger partial charge in [-0.3, -0.25) is 0 Å². The molecule has 1 aromatic carbocycles. The van der Waals surface area contributed by atoms with Gasteiger partial charge in [0.2, 0.25) is 0 Å². The number of anilines is 2. The van der Waals surface area contributed by atoms with E-state index in [0.717, 1.165) is 12.1 Å². The number of aromatic nitrogens is 1. The molecule has 2 rings (SSSR count). The SMILES string of the molecule is O=C(O)c1ccc(F)c(F)c1Nc1ccc(Br)cn1. The van der Waals surface area contributed by atoms with Crippen LogP contribution in [-0.4, -0.2) is 16.1 Å². The molecule has 0 saturated carbocycles. The number of hydrogen-bond donors (Lipinski definition) is 2. The van der Waals surface area contributed by atoms with E-state index >= 15 is 0 Å². The van der Waals surface area contributed by atoms with E-state index in [1.807, 2.05) is 0 Å². The van der Waals surface area contributed by atoms with E-state index < -0.39 is 23.3 Å². The van der Waals surface area contributed by atoms with Crippen molar-refractivity contribution < 1.29 is 18.7 Å². The normalized spacial score (nSPS) is 10.3. The highest BCUT2D eigenvalue weighted by Crippen LogP contribution is 2.26. The van der Waals surface area contributed by atoms with Crippen LogP contribution in [0, 0.1) is 11.6 Å². The number of nitrogens with one attached hydrogen (secondary N) is 1. The van der Waals surface area contributed by atoms with E-state index in [-0.39, 0.29) is 11.4 Å². The molecule has 2 N–H and O–H groups in total. The number of hydrogen-bond acceptors (Lipinski definition) is 3. The van der Waals surface area contributed by atoms with Gasteiger partial charge in [-0.25, -0.2) is 18.6 Å². The summed E-state index contributed by atoms with van der Waals surface area (Å²) in [5.74, 6) is -3.55. The van der Waals surface area contributed by atoms with Crippen molar-refractivity contribution >= 4 is 33.4 Å². The number of carboxylic acids is 1. The zero-order valence-corrected chi connectivity index (χ0v) is 10.9. The van der Waals surface area contributed by atoms with Crippen molar-refractivity contribution in [3.63, 3.8) is 0 Å². The van der Waals surface area contributed by atoms with Crippen molar-refractivity contribution in [3.8, 4) is 0 Å². The van der Waals surface area contributed by atoms with Crippen LogP contribution in [0.4, 0.5) is 20.3 Å². The molecule has 0 atom stereocenters. The Bertz CT molecular complexity index is 632. The fourth-order valence-electron chi connectivity index (χ4n) is 1.43. The van der Waals surface area contributed by atoms with Crippen LogP contribution >= 0.6 is 15.9 Å². The molecule has 0 aliphatic heterocycles. The number of halogens is 3. The van der Waals surface area contributed by atoms with Gasteiger partial charge in [-0.2, -0.15) is 0 Å². The molecular formula is C12H7BrF2N2O2. The van der Waals surface area contributed by atoms with Crippen LogP contribution in [-0.2, 0) is 0 Å². The Morgan fingerprint density at radius 3 is 2.58 bits per heavy atom. The maximum Gasteiger partial charge on any atom is 0.337 e. The highest BCUT2D eigenvalue weighted by Gasteiger charge is 2.18. The predicted molar refractivity (Wildman–Crippen MR) is 68.5 cm³/mol. The summed E-state index contributed by atoms with van der Waals surface area (Å²) in [6.45, 7) is 0. The summed E-state index contributed by atoms with van der Waals surface area (Å²) in [5.41, 5.74) is -0.828. The van der Waals surface area contributed by atoms with Crippen LogP contribution in [0.2, 0.25) is 0 Å². The molecule has 98 valence electrons. The lowest BCUT2D eigenvalue weighted by Gasteiger charge is -2.10. The Hall–Kier alpha value is -2.02. The Morgan fingerprint density at radius 1 is 1.26 bits per heavy atom. The number of carboxylic acid groups (broad SMARTS) is 1. The quantitative estimate of drug-likeness (QED) is 0.904. The molecule has 0 fully saturated rings. The lowest BCUT2D eigenvalue weighted by atomic mass is 10.1. The van der Waals surface area contributed by atoms with Gasteiger partial charge in [-0.15, -0.1) is 0 Å². The lowest BCUT2D eigenvalue weighted by molar-refractivity contribution is 0.0697. The number of nitrogens with zero attached hydrogens (tertiary/aromatic N) is 1. The summed E-state index contributed by atoms with van der Waals surface area (Å²) >= 11 is 3.18. The maximum absolute atomic E-state index is 13.6. The molecule has 1 heterocycles. The fourth-order valence-corrected chi connectivity index (χ4v) is 1.66. The largest absolute Gasteiger partial charge is 0.478 e. The molecule has 0 aliphatic rings. The summed E-state index contributed by atoms with van der Waals surface area (Å²) in [4.78, 5) is 14.9. The first-order valence-electron chi connectivity index (χ1n) is 5.09. The molecule has 0 amide bonds. The van der Waals surface area contributed by atoms with Gasteiger partial charge in [0.1, 0.15) is 5.82 Å². The second-order valence-corrected chi connectivity index (χ2v) is 4.49. The number of benzene rings is 1. The molecule has 1 aromatic heterocycles. The van der Waals surface area contributed by atoms with Gasteiger partial charge in [-0.1, -0.05) is 0 Å². The maximum atomic E-state index is 13.6. The van der Waals surface area contributed by atoms with E-state index in [0.29, 0.717) is 4.47 Å². The minimum absolute atomic E-state index is 0.204. The molecule has 0 bridgehead atoms. The van der Waals surface area contributed by atoms with Gasteiger partial charge in [0.15, 0.2) is 11.6 Å². The smallest absolute Gasteiger partial charge is 0.337 e. The topological polar surface area (TPSA) is 62.2 Å². The molecule has 0 aliphatic carbocycles. The van der Waals surface area contributed by atoms with E-state index in [1.54, 1.807) is 6.07 Å². The first kappa shape index (κ1) is 13.4. The van der Waals surface area contributed by atoms with Crippen molar-refractivity contribution in [1.82, 2.24) is 4.98 Å². The van der Waals surface area contributed by atoms with Crippen molar-refractivity contribution in [2.24, 2.45) is 0 Å². The van der Waals surface area contributed by atoms with E-state index in [2.05, 4.69) is 26.2 Å². The third-order valence-corrected chi connectivity index (χ3v) is 2.77. The molecule has 7 heteroatoms. The van der Waals surface area contributed by atoms with E-state index in [9.17, 15) is 13.6 Å². The van der Waals surface area contributed by atoms with Gasteiger partial charge < -0.3 is 10.4 Å². The predicted octanol–water partition coefficient (Wildman–Crippen LogP) is 3.56. The highest BCUT2D eigenvalue weighted by atomic mass is 79.9. The van der Waals surface area contributed by atoms with Crippen LogP contribution in [0.15, 0.2) is 34.9 Å². The van der Waals surface area contributed by atoms with Gasteiger partial charge >= 0.3 is 5.97 Å². The second-order valence-electron chi connectivity index (χ2n) is 3.58. The average molecular weight is 329 g/mol. The van der Waals surface area contributed by atoms with E-state index in [4.69, 9.17) is 5.11 Å². The number of carbonyl (C=O) groups is 1. The zero-order chi connectivity index (χ0) is 14.0. The van der Waals surface area contributed by atoms with Gasteiger partial charge in [-0.05, 0) is 40.2 Å². The van der Waals surface area contributed by atoms with Crippen molar-refractivity contribution in [2.75, 3.05) is 5.32 Å². The Labute approximate surface area is 115 Å². The summed E-state index contributed by atoms with van der Waals surface area (Å²) < 4.78 is 27.5. The molecule has 19 heavy (non-hydrogen) atoms. The minimum Gasteiger partial charge on any atom is -0.478 e. The zero-order valence-electron chi connectivity index (χ0n) is 9.32. The molecule has 0 unspecified atom stereocenters. The second kappa shape index (κ2) is 5.31. The molecular weight excluding hydrogens is 322 g/mol. The Morgan fingerprint density at radius 2 is 2.00 bits per heavy atom. The fraction of sp³-hybridized carbons (Fsp3) is 0. The minimum atomic E-state index is -1.36. The van der Waals surface area contributed by atoms with Crippen LogP contribution in [0.5, 0.6) is 0 Å². The first-order valence-corrected chi connectivity index (χ1v) is 5.88. The van der Waals surface area contributed by atoms with Crippen LogP contribution < -0.4 is 5.32 Å². The summed E-state index contributed by atoms with van der Waals surface area (Å²) in [6, 6.07) is 4.88. The van der Waals surface area contributed by atoms with Gasteiger partial charge in [0.25, 0.3) is 0 Å². The van der Waals surface area contributed by atoms with Crippen LogP contribution in [0.3, 0.4) is 0 Å². The average Bonchev–Trinajstić information content (AvgIpc) is 2.37. The van der Waals surface area contributed by atoms with Gasteiger partial charge in [0, 0.05) is 10.7 Å². The molecule has 0 spiro atoms. The summed E-state index contributed by atoms with van der Waals surface area (Å²) in [7, 11) is 0. The summed E-state index contributed by atoms with van der Waals surface area (Å²) in [6.07, 6.45) is 1.44. The Balaban J connectivity index is 2.46. The standard InChI is InChI=1S/C12H7BrF2N2O2/c13-6-1-4-9(16-5-6)17-11-7(12(18)19)2-3-8(14)10(11)15/h1-5H,(H,16,17)(H,18,19). The number of pyridine rings is 1. The molecule has 0 radical (unpaired) electrons. The van der Waals surface area contributed by atoms with Crippen LogP contribution in [0.25, 0.3) is 0 Å². The third kappa shape index (κ3) is 2.87. The first-order chi connectivity index (χ1) is 8.99. The number of rotatable bonds is 3. The van der Waals surface area contributed by atoms with E-state index in [1.165, 1.54) is 12.3 Å². The Kier molecular flexibility index (Phi) is 3.75. The van der Waals surface area contributed by atoms with Gasteiger partial charge in [0.05, 0.1) is 11.3 Å². The van der Waals surface area contributed by atoms with Crippen molar-refractivity contribution in [2.45, 2.75) is 0 Å². The lowest BCUT2D eigenvalue weighted by Crippen LogP contribution is -2.07. The highest BCUT2D eigenvalue weighted by molar-refractivity contribution is 9.10. The van der Waals surface area contributed by atoms with Crippen LogP contribution in [0.1, 0.15) is 10.4 Å². The summed E-state index contributed by atoms with van der Waals surface area (Å²) in [5, 5.41) is 11.4. The molecule has 4 nitrogen and oxygen atoms in total. The van der Waals surface area contributed by atoms with Crippen molar-refractivity contribution in [3.05, 3.63) is 52.1 Å². The molecule has 0 saturated heterocycles.